The number of aryl methyl sites for hydroxylation is 1. The van der Waals surface area contributed by atoms with Crippen LogP contribution in [0.2, 0.25) is 0 Å². The fourth-order valence-corrected chi connectivity index (χ4v) is 3.12. The molecular weight excluding hydrogens is 378 g/mol. The van der Waals surface area contributed by atoms with Crippen molar-refractivity contribution in [1.29, 1.82) is 0 Å². The van der Waals surface area contributed by atoms with E-state index in [2.05, 4.69) is 78.4 Å². The molecule has 0 bridgehead atoms. The molecule has 2 aromatic rings. The first-order chi connectivity index (χ1) is 12.0. The van der Waals surface area contributed by atoms with E-state index in [1.807, 2.05) is 6.92 Å². The molecule has 0 fully saturated rings. The Labute approximate surface area is 159 Å². The Morgan fingerprint density at radius 2 is 1.88 bits per heavy atom. The zero-order valence-corrected chi connectivity index (χ0v) is 17.2. The molecule has 1 atom stereocenters. The average molecular weight is 406 g/mol. The highest BCUT2D eigenvalue weighted by Gasteiger charge is 2.13. The molecule has 3 nitrogen and oxygen atoms in total. The quantitative estimate of drug-likeness (QED) is 0.586. The average Bonchev–Trinajstić information content (AvgIpc) is 2.59. The van der Waals surface area contributed by atoms with Crippen molar-refractivity contribution in [3.8, 4) is 11.5 Å². The highest BCUT2D eigenvalue weighted by Crippen LogP contribution is 2.37. The molecule has 0 aromatic heterocycles. The van der Waals surface area contributed by atoms with Gasteiger partial charge in [0.1, 0.15) is 6.61 Å². The molecular formula is C21H28BrNO2. The number of nitrogens with one attached hydrogen (secondary N) is 1. The van der Waals surface area contributed by atoms with Gasteiger partial charge in [-0.15, -0.1) is 0 Å². The predicted molar refractivity (Wildman–Crippen MR) is 107 cm³/mol. The Bertz CT molecular complexity index is 688. The number of halogens is 1. The Morgan fingerprint density at radius 3 is 2.56 bits per heavy atom. The third kappa shape index (κ3) is 6.05. The maximum Gasteiger partial charge on any atom is 0.175 e. The Kier molecular flexibility index (Phi) is 7.79. The van der Waals surface area contributed by atoms with E-state index in [-0.39, 0.29) is 0 Å². The van der Waals surface area contributed by atoms with Crippen LogP contribution in [0.3, 0.4) is 0 Å². The van der Waals surface area contributed by atoms with Gasteiger partial charge in [-0.25, -0.2) is 0 Å². The summed E-state index contributed by atoms with van der Waals surface area (Å²) in [6, 6.07) is 13.0. The molecule has 0 saturated carbocycles. The van der Waals surface area contributed by atoms with Crippen molar-refractivity contribution in [2.75, 3.05) is 6.61 Å². The summed E-state index contributed by atoms with van der Waals surface area (Å²) in [6.07, 6.45) is 1.11. The van der Waals surface area contributed by atoms with Gasteiger partial charge in [0.25, 0.3) is 0 Å². The minimum absolute atomic E-state index is 0.492. The zero-order valence-electron chi connectivity index (χ0n) is 15.6. The van der Waals surface area contributed by atoms with Gasteiger partial charge in [-0.3, -0.25) is 0 Å². The first-order valence-corrected chi connectivity index (χ1v) is 9.69. The van der Waals surface area contributed by atoms with Crippen LogP contribution >= 0.6 is 15.9 Å². The summed E-state index contributed by atoms with van der Waals surface area (Å²) in [4.78, 5) is 0. The van der Waals surface area contributed by atoms with Crippen LogP contribution in [0, 0.1) is 6.92 Å². The van der Waals surface area contributed by atoms with Crippen molar-refractivity contribution >= 4 is 15.9 Å². The second kappa shape index (κ2) is 9.83. The number of rotatable bonds is 9. The van der Waals surface area contributed by atoms with Crippen LogP contribution in [0.1, 0.15) is 43.9 Å². The Balaban J connectivity index is 2.15. The fraction of sp³-hybridized carbons (Fsp3) is 0.429. The molecule has 0 aliphatic rings. The van der Waals surface area contributed by atoms with Crippen LogP contribution in [0.15, 0.2) is 40.9 Å². The summed E-state index contributed by atoms with van der Waals surface area (Å²) in [7, 11) is 0. The monoisotopic (exact) mass is 405 g/mol. The molecule has 0 aliphatic carbocycles. The van der Waals surface area contributed by atoms with E-state index in [4.69, 9.17) is 9.47 Å². The molecule has 0 spiro atoms. The molecule has 4 heteroatoms. The molecule has 0 amide bonds. The van der Waals surface area contributed by atoms with Gasteiger partial charge < -0.3 is 14.8 Å². The van der Waals surface area contributed by atoms with E-state index < -0.39 is 0 Å². The van der Waals surface area contributed by atoms with Crippen molar-refractivity contribution in [3.05, 3.63) is 57.6 Å². The van der Waals surface area contributed by atoms with Crippen molar-refractivity contribution < 1.29 is 9.47 Å². The van der Waals surface area contributed by atoms with E-state index in [1.54, 1.807) is 0 Å². The van der Waals surface area contributed by atoms with Crippen LogP contribution in [0.25, 0.3) is 0 Å². The van der Waals surface area contributed by atoms with Gasteiger partial charge in [-0.1, -0.05) is 36.8 Å². The fourth-order valence-electron chi connectivity index (χ4n) is 2.52. The minimum atomic E-state index is 0.492. The van der Waals surface area contributed by atoms with Gasteiger partial charge in [-0.05, 0) is 66.4 Å². The van der Waals surface area contributed by atoms with Gasteiger partial charge in [-0.2, -0.15) is 0 Å². The molecule has 136 valence electrons. The molecule has 2 aromatic carbocycles. The Morgan fingerprint density at radius 1 is 1.08 bits per heavy atom. The molecule has 0 heterocycles. The van der Waals surface area contributed by atoms with Crippen LogP contribution in [0.4, 0.5) is 0 Å². The van der Waals surface area contributed by atoms with E-state index in [0.717, 1.165) is 34.5 Å². The van der Waals surface area contributed by atoms with Gasteiger partial charge in [0.15, 0.2) is 11.5 Å². The van der Waals surface area contributed by atoms with Crippen molar-refractivity contribution in [2.45, 2.75) is 53.3 Å². The standard InChI is InChI=1S/C21H28BrNO2/c1-5-16(4)23-13-18-11-19(22)21(20(12-18)24-6-2)25-14-17-9-7-8-15(3)10-17/h7-12,16,23H,5-6,13-14H2,1-4H3/t16-/m1/s1. The summed E-state index contributed by atoms with van der Waals surface area (Å²) in [5, 5.41) is 3.51. The molecule has 0 radical (unpaired) electrons. The largest absolute Gasteiger partial charge is 0.490 e. The number of hydrogen-bond donors (Lipinski definition) is 1. The van der Waals surface area contributed by atoms with E-state index in [9.17, 15) is 0 Å². The zero-order chi connectivity index (χ0) is 18.2. The number of hydrogen-bond acceptors (Lipinski definition) is 3. The van der Waals surface area contributed by atoms with Crippen LogP contribution in [-0.4, -0.2) is 12.6 Å². The SMILES string of the molecule is CCOc1cc(CN[C@H](C)CC)cc(Br)c1OCc1cccc(C)c1. The minimum Gasteiger partial charge on any atom is -0.490 e. The normalized spacial score (nSPS) is 12.0. The van der Waals surface area contributed by atoms with E-state index >= 15 is 0 Å². The number of ether oxygens (including phenoxy) is 2. The first kappa shape index (κ1) is 19.8. The summed E-state index contributed by atoms with van der Waals surface area (Å²) in [6.45, 7) is 10.4. The lowest BCUT2D eigenvalue weighted by Gasteiger charge is -2.17. The van der Waals surface area contributed by atoms with Gasteiger partial charge in [0, 0.05) is 12.6 Å². The lowest BCUT2D eigenvalue weighted by atomic mass is 10.1. The topological polar surface area (TPSA) is 30.5 Å². The maximum absolute atomic E-state index is 6.07. The number of benzene rings is 2. The third-order valence-corrected chi connectivity index (χ3v) is 4.69. The van der Waals surface area contributed by atoms with Crippen LogP contribution < -0.4 is 14.8 Å². The summed E-state index contributed by atoms with van der Waals surface area (Å²) < 4.78 is 12.8. The summed E-state index contributed by atoms with van der Waals surface area (Å²) in [5.41, 5.74) is 3.56. The molecule has 1 N–H and O–H groups in total. The lowest BCUT2D eigenvalue weighted by molar-refractivity contribution is 0.267. The Hall–Kier alpha value is -1.52. The predicted octanol–water partition coefficient (Wildman–Crippen LogP) is 5.62. The van der Waals surface area contributed by atoms with Crippen molar-refractivity contribution in [3.63, 3.8) is 0 Å². The third-order valence-electron chi connectivity index (χ3n) is 4.10. The van der Waals surface area contributed by atoms with Crippen molar-refractivity contribution in [1.82, 2.24) is 5.32 Å². The van der Waals surface area contributed by atoms with E-state index in [0.29, 0.717) is 19.3 Å². The highest BCUT2D eigenvalue weighted by molar-refractivity contribution is 9.10. The van der Waals surface area contributed by atoms with Crippen molar-refractivity contribution in [2.24, 2.45) is 0 Å². The first-order valence-electron chi connectivity index (χ1n) is 8.90. The smallest absolute Gasteiger partial charge is 0.175 e. The van der Waals surface area contributed by atoms with Crippen LogP contribution in [-0.2, 0) is 13.2 Å². The van der Waals surface area contributed by atoms with Gasteiger partial charge in [0.2, 0.25) is 0 Å². The second-order valence-electron chi connectivity index (χ2n) is 6.31. The highest BCUT2D eigenvalue weighted by atomic mass is 79.9. The van der Waals surface area contributed by atoms with E-state index in [1.165, 1.54) is 11.1 Å². The van der Waals surface area contributed by atoms with Gasteiger partial charge >= 0.3 is 0 Å². The molecule has 0 aliphatic heterocycles. The molecule has 25 heavy (non-hydrogen) atoms. The van der Waals surface area contributed by atoms with Crippen LogP contribution in [0.5, 0.6) is 11.5 Å². The molecule has 0 unspecified atom stereocenters. The molecule has 2 rings (SSSR count). The molecule has 0 saturated heterocycles. The summed E-state index contributed by atoms with van der Waals surface area (Å²) >= 11 is 3.65. The van der Waals surface area contributed by atoms with Gasteiger partial charge in [0.05, 0.1) is 11.1 Å². The maximum atomic E-state index is 6.07. The lowest BCUT2D eigenvalue weighted by Crippen LogP contribution is -2.24. The second-order valence-corrected chi connectivity index (χ2v) is 7.16. The summed E-state index contributed by atoms with van der Waals surface area (Å²) in [5.74, 6) is 1.54.